The van der Waals surface area contributed by atoms with Crippen LogP contribution in [0.4, 0.5) is 8.78 Å². The minimum Gasteiger partial charge on any atom is -0.245 e. The molecule has 0 saturated carbocycles. The molecule has 0 radical (unpaired) electrons. The van der Waals surface area contributed by atoms with E-state index in [0.717, 1.165) is 12.1 Å². The standard InChI is InChI=1S/C9H5F2NS.C2H6/c10-7-2-1-6(5-8(7)11)9-12-3-4-13-9;1-2/h1-5H;1-2H3. The second-order valence-corrected chi connectivity index (χ2v) is 3.36. The molecular weight excluding hydrogens is 216 g/mol. The summed E-state index contributed by atoms with van der Waals surface area (Å²) in [7, 11) is 0. The molecule has 0 saturated heterocycles. The van der Waals surface area contributed by atoms with Crippen molar-refractivity contribution in [1.29, 1.82) is 0 Å². The van der Waals surface area contributed by atoms with E-state index in [2.05, 4.69) is 4.98 Å². The smallest absolute Gasteiger partial charge is 0.159 e. The molecule has 1 nitrogen and oxygen atoms in total. The molecule has 0 aliphatic rings. The Morgan fingerprint density at radius 2 is 1.87 bits per heavy atom. The summed E-state index contributed by atoms with van der Waals surface area (Å²) in [4.78, 5) is 3.99. The number of halogens is 2. The van der Waals surface area contributed by atoms with Gasteiger partial charge < -0.3 is 0 Å². The number of thiazole rings is 1. The van der Waals surface area contributed by atoms with Gasteiger partial charge in [0.25, 0.3) is 0 Å². The van der Waals surface area contributed by atoms with Crippen molar-refractivity contribution in [2.24, 2.45) is 0 Å². The van der Waals surface area contributed by atoms with E-state index >= 15 is 0 Å². The molecule has 0 amide bonds. The predicted molar refractivity (Wildman–Crippen MR) is 58.8 cm³/mol. The Kier molecular flexibility index (Phi) is 4.37. The fourth-order valence-corrected chi connectivity index (χ4v) is 1.63. The van der Waals surface area contributed by atoms with Gasteiger partial charge in [-0.15, -0.1) is 11.3 Å². The van der Waals surface area contributed by atoms with Crippen molar-refractivity contribution < 1.29 is 8.78 Å². The lowest BCUT2D eigenvalue weighted by atomic mass is 10.2. The van der Waals surface area contributed by atoms with E-state index in [-0.39, 0.29) is 0 Å². The van der Waals surface area contributed by atoms with Crippen LogP contribution in [0.15, 0.2) is 29.8 Å². The molecule has 0 N–H and O–H groups in total. The van der Waals surface area contributed by atoms with Crippen LogP contribution in [0.3, 0.4) is 0 Å². The molecule has 0 aliphatic carbocycles. The lowest BCUT2D eigenvalue weighted by molar-refractivity contribution is 0.509. The van der Waals surface area contributed by atoms with E-state index in [4.69, 9.17) is 0 Å². The van der Waals surface area contributed by atoms with Gasteiger partial charge in [-0.05, 0) is 18.2 Å². The summed E-state index contributed by atoms with van der Waals surface area (Å²) in [6, 6.07) is 3.76. The van der Waals surface area contributed by atoms with Gasteiger partial charge in [-0.3, -0.25) is 0 Å². The number of hydrogen-bond acceptors (Lipinski definition) is 2. The van der Waals surface area contributed by atoms with Gasteiger partial charge in [0.15, 0.2) is 11.6 Å². The zero-order chi connectivity index (χ0) is 11.3. The Morgan fingerprint density at radius 1 is 1.13 bits per heavy atom. The van der Waals surface area contributed by atoms with E-state index < -0.39 is 11.6 Å². The summed E-state index contributed by atoms with van der Waals surface area (Å²) in [5.74, 6) is -1.67. The summed E-state index contributed by atoms with van der Waals surface area (Å²) < 4.78 is 25.3. The number of benzene rings is 1. The molecular formula is C11H11F2NS. The van der Waals surface area contributed by atoms with Gasteiger partial charge in [0.1, 0.15) is 5.01 Å². The molecule has 0 atom stereocenters. The SMILES string of the molecule is CC.Fc1ccc(-c2nccs2)cc1F. The van der Waals surface area contributed by atoms with Crippen LogP contribution in [0.5, 0.6) is 0 Å². The van der Waals surface area contributed by atoms with E-state index in [0.29, 0.717) is 10.6 Å². The van der Waals surface area contributed by atoms with Crippen molar-refractivity contribution >= 4 is 11.3 Å². The van der Waals surface area contributed by atoms with Crippen LogP contribution in [0.25, 0.3) is 10.6 Å². The van der Waals surface area contributed by atoms with Crippen molar-refractivity contribution in [3.8, 4) is 10.6 Å². The van der Waals surface area contributed by atoms with Crippen LogP contribution in [0, 0.1) is 11.6 Å². The van der Waals surface area contributed by atoms with Gasteiger partial charge in [-0.25, -0.2) is 13.8 Å². The van der Waals surface area contributed by atoms with Crippen LogP contribution in [-0.4, -0.2) is 4.98 Å². The van der Waals surface area contributed by atoms with E-state index in [1.54, 1.807) is 11.6 Å². The Morgan fingerprint density at radius 3 is 2.40 bits per heavy atom. The summed E-state index contributed by atoms with van der Waals surface area (Å²) >= 11 is 1.39. The topological polar surface area (TPSA) is 12.9 Å². The molecule has 1 aromatic heterocycles. The lowest BCUT2D eigenvalue weighted by Crippen LogP contribution is -1.84. The van der Waals surface area contributed by atoms with E-state index in [1.165, 1.54) is 17.4 Å². The first-order valence-corrected chi connectivity index (χ1v) is 5.50. The van der Waals surface area contributed by atoms with Gasteiger partial charge in [-0.2, -0.15) is 0 Å². The molecule has 2 aromatic rings. The van der Waals surface area contributed by atoms with Gasteiger partial charge in [-0.1, -0.05) is 13.8 Å². The number of rotatable bonds is 1. The molecule has 0 unspecified atom stereocenters. The maximum Gasteiger partial charge on any atom is 0.159 e. The van der Waals surface area contributed by atoms with Gasteiger partial charge in [0.2, 0.25) is 0 Å². The molecule has 0 aliphatic heterocycles. The first kappa shape index (κ1) is 11.8. The Bertz CT molecular complexity index is 413. The largest absolute Gasteiger partial charge is 0.245 e. The Hall–Kier alpha value is -1.29. The van der Waals surface area contributed by atoms with Crippen molar-refractivity contribution in [3.63, 3.8) is 0 Å². The maximum absolute atomic E-state index is 12.8. The molecule has 1 heterocycles. The fourth-order valence-electron chi connectivity index (χ4n) is 0.995. The third-order valence-corrected chi connectivity index (χ3v) is 2.42. The average molecular weight is 227 g/mol. The second kappa shape index (κ2) is 5.56. The lowest BCUT2D eigenvalue weighted by Gasteiger charge is -1.96. The number of hydrogen-bond donors (Lipinski definition) is 0. The fraction of sp³-hybridized carbons (Fsp3) is 0.182. The normalized spacial score (nSPS) is 9.33. The zero-order valence-electron chi connectivity index (χ0n) is 8.50. The Labute approximate surface area is 91.4 Å². The summed E-state index contributed by atoms with van der Waals surface area (Å²) in [6.45, 7) is 4.00. The minimum atomic E-state index is -0.840. The molecule has 1 aromatic carbocycles. The van der Waals surface area contributed by atoms with E-state index in [9.17, 15) is 8.78 Å². The monoisotopic (exact) mass is 227 g/mol. The zero-order valence-corrected chi connectivity index (χ0v) is 9.31. The second-order valence-electron chi connectivity index (χ2n) is 2.47. The highest BCUT2D eigenvalue weighted by Gasteiger charge is 2.05. The third kappa shape index (κ3) is 2.83. The first-order valence-electron chi connectivity index (χ1n) is 4.62. The van der Waals surface area contributed by atoms with E-state index in [1.807, 2.05) is 13.8 Å². The van der Waals surface area contributed by atoms with Gasteiger partial charge >= 0.3 is 0 Å². The molecule has 0 spiro atoms. The van der Waals surface area contributed by atoms with Gasteiger partial charge in [0.05, 0.1) is 0 Å². The summed E-state index contributed by atoms with van der Waals surface area (Å²) in [5, 5.41) is 2.48. The molecule has 80 valence electrons. The molecule has 2 rings (SSSR count). The number of aromatic nitrogens is 1. The average Bonchev–Trinajstić information content (AvgIpc) is 2.78. The predicted octanol–water partition coefficient (Wildman–Crippen LogP) is 4.11. The van der Waals surface area contributed by atoms with Crippen molar-refractivity contribution in [2.75, 3.05) is 0 Å². The number of nitrogens with zero attached hydrogens (tertiary/aromatic N) is 1. The third-order valence-electron chi connectivity index (χ3n) is 1.60. The summed E-state index contributed by atoms with van der Waals surface area (Å²) in [6.07, 6.45) is 1.63. The molecule has 0 fully saturated rings. The highest BCUT2D eigenvalue weighted by molar-refractivity contribution is 7.13. The van der Waals surface area contributed by atoms with Crippen molar-refractivity contribution in [2.45, 2.75) is 13.8 Å². The highest BCUT2D eigenvalue weighted by Crippen LogP contribution is 2.22. The van der Waals surface area contributed by atoms with Gasteiger partial charge in [0, 0.05) is 17.1 Å². The van der Waals surface area contributed by atoms with Crippen LogP contribution in [-0.2, 0) is 0 Å². The van der Waals surface area contributed by atoms with Crippen molar-refractivity contribution in [1.82, 2.24) is 4.98 Å². The van der Waals surface area contributed by atoms with Crippen LogP contribution in [0.1, 0.15) is 13.8 Å². The maximum atomic E-state index is 12.8. The van der Waals surface area contributed by atoms with Crippen molar-refractivity contribution in [3.05, 3.63) is 41.4 Å². The quantitative estimate of drug-likeness (QED) is 0.714. The molecule has 15 heavy (non-hydrogen) atoms. The van der Waals surface area contributed by atoms with Crippen LogP contribution >= 0.6 is 11.3 Å². The minimum absolute atomic E-state index is 0.605. The molecule has 4 heteroatoms. The summed E-state index contributed by atoms with van der Waals surface area (Å²) in [5.41, 5.74) is 0.605. The highest BCUT2D eigenvalue weighted by atomic mass is 32.1. The Balaban J connectivity index is 0.000000531. The first-order chi connectivity index (χ1) is 7.27. The van der Waals surface area contributed by atoms with Crippen LogP contribution in [0.2, 0.25) is 0 Å². The van der Waals surface area contributed by atoms with Crippen LogP contribution < -0.4 is 0 Å². The molecule has 0 bridgehead atoms.